The van der Waals surface area contributed by atoms with Crippen LogP contribution in [-0.2, 0) is 0 Å². The topological polar surface area (TPSA) is 38.0 Å². The van der Waals surface area contributed by atoms with E-state index in [-0.39, 0.29) is 37.2 Å². The Morgan fingerprint density at radius 3 is 1.20 bits per heavy atom. The van der Waals surface area contributed by atoms with E-state index in [1.54, 1.807) is 0 Å². The maximum Gasteiger partial charge on any atom is -0.00799 e. The van der Waals surface area contributed by atoms with E-state index < -0.39 is 0 Å². The molecule has 0 rings (SSSR count). The molecule has 0 atom stereocenters. The Hall–Kier alpha value is 0.790. The summed E-state index contributed by atoms with van der Waals surface area (Å²) in [6, 6.07) is 0. The molecular formula is C5H19Cl3N2. The minimum absolute atomic E-state index is 0. The van der Waals surface area contributed by atoms with Crippen molar-refractivity contribution >= 4 is 37.2 Å². The summed E-state index contributed by atoms with van der Waals surface area (Å²) in [5.41, 5.74) is 5.03. The first kappa shape index (κ1) is 30.8. The van der Waals surface area contributed by atoms with E-state index in [4.69, 9.17) is 5.73 Å². The zero-order valence-electron chi connectivity index (χ0n) is 6.72. The van der Waals surface area contributed by atoms with E-state index in [1.807, 2.05) is 14.1 Å². The van der Waals surface area contributed by atoms with Crippen LogP contribution in [0.1, 0.15) is 13.3 Å². The summed E-state index contributed by atoms with van der Waals surface area (Å²) in [5.74, 6) is 0. The molecular weight excluding hydrogens is 194 g/mol. The lowest BCUT2D eigenvalue weighted by atomic mass is 10.5. The van der Waals surface area contributed by atoms with Crippen LogP contribution in [0.4, 0.5) is 0 Å². The first-order chi connectivity index (χ1) is 3.33. The third-order valence-electron chi connectivity index (χ3n) is 0.289. The maximum absolute atomic E-state index is 5.03. The lowest BCUT2D eigenvalue weighted by Gasteiger charge is -1.70. The minimum atomic E-state index is 0. The van der Waals surface area contributed by atoms with Gasteiger partial charge in [-0.2, -0.15) is 0 Å². The van der Waals surface area contributed by atoms with E-state index in [0.717, 1.165) is 13.0 Å². The van der Waals surface area contributed by atoms with Crippen molar-refractivity contribution in [3.8, 4) is 0 Å². The number of halogens is 3. The molecule has 0 saturated carbocycles. The summed E-state index contributed by atoms with van der Waals surface area (Å²) >= 11 is 0. The Bertz CT molecular complexity index is 22.4. The average molecular weight is 214 g/mol. The van der Waals surface area contributed by atoms with Crippen LogP contribution in [0.15, 0.2) is 0 Å². The molecule has 0 spiro atoms. The van der Waals surface area contributed by atoms with Gasteiger partial charge in [0.2, 0.25) is 0 Å². The molecule has 0 aliphatic rings. The van der Waals surface area contributed by atoms with Crippen molar-refractivity contribution < 1.29 is 0 Å². The van der Waals surface area contributed by atoms with Crippen molar-refractivity contribution in [1.82, 2.24) is 5.32 Å². The van der Waals surface area contributed by atoms with Crippen LogP contribution >= 0.6 is 37.2 Å². The van der Waals surface area contributed by atoms with Gasteiger partial charge in [0.25, 0.3) is 0 Å². The van der Waals surface area contributed by atoms with Crippen LogP contribution in [0, 0.1) is 0 Å². The average Bonchev–Trinajstić information content (AvgIpc) is 1.69. The van der Waals surface area contributed by atoms with Gasteiger partial charge in [0.1, 0.15) is 0 Å². The van der Waals surface area contributed by atoms with Gasteiger partial charge >= 0.3 is 0 Å². The normalized spacial score (nSPS) is 4.80. The summed E-state index contributed by atoms with van der Waals surface area (Å²) in [6.07, 6.45) is 1.10. The zero-order chi connectivity index (χ0) is 6.12. The maximum atomic E-state index is 5.03. The lowest BCUT2D eigenvalue weighted by molar-refractivity contribution is 0.932. The molecule has 0 aromatic heterocycles. The third-order valence-corrected chi connectivity index (χ3v) is 0.289. The van der Waals surface area contributed by atoms with Gasteiger partial charge in [-0.3, -0.25) is 0 Å². The highest BCUT2D eigenvalue weighted by Crippen LogP contribution is 1.57. The van der Waals surface area contributed by atoms with Crippen LogP contribution < -0.4 is 11.1 Å². The van der Waals surface area contributed by atoms with Gasteiger partial charge in [0, 0.05) is 0 Å². The number of hydrogen-bond donors (Lipinski definition) is 2. The predicted molar refractivity (Wildman–Crippen MR) is 56.1 cm³/mol. The second kappa shape index (κ2) is 52.7. The molecule has 0 fully saturated rings. The van der Waals surface area contributed by atoms with Crippen LogP contribution in [0.3, 0.4) is 0 Å². The van der Waals surface area contributed by atoms with Crippen LogP contribution in [0.25, 0.3) is 0 Å². The largest absolute Gasteiger partial charge is 0.330 e. The summed E-state index contributed by atoms with van der Waals surface area (Å²) < 4.78 is 0. The first-order valence-corrected chi connectivity index (χ1v) is 2.62. The van der Waals surface area contributed by atoms with Crippen molar-refractivity contribution in [2.75, 3.05) is 20.6 Å². The van der Waals surface area contributed by atoms with Gasteiger partial charge in [0.05, 0.1) is 0 Å². The number of nitrogens with one attached hydrogen (secondary N) is 1. The molecule has 0 amide bonds. The molecule has 0 heterocycles. The standard InChI is InChI=1S/C3H9N.C2H7N.3ClH/c1-2-3-4;1-3-2;;;/h2-4H2,1H3;3H,1-2H3;3*1H. The minimum Gasteiger partial charge on any atom is -0.330 e. The first-order valence-electron chi connectivity index (χ1n) is 2.62. The molecule has 0 unspecified atom stereocenters. The molecule has 0 aliphatic carbocycles. The lowest BCUT2D eigenvalue weighted by Crippen LogP contribution is -1.93. The second-order valence-corrected chi connectivity index (χ2v) is 1.29. The second-order valence-electron chi connectivity index (χ2n) is 1.29. The Morgan fingerprint density at radius 1 is 1.10 bits per heavy atom. The molecule has 0 aromatic rings. The van der Waals surface area contributed by atoms with Gasteiger partial charge in [0.15, 0.2) is 0 Å². The summed E-state index contributed by atoms with van der Waals surface area (Å²) in [5, 5.41) is 2.75. The van der Waals surface area contributed by atoms with E-state index >= 15 is 0 Å². The van der Waals surface area contributed by atoms with E-state index in [1.165, 1.54) is 0 Å². The molecule has 0 radical (unpaired) electrons. The highest BCUT2D eigenvalue weighted by molar-refractivity contribution is 5.86. The Labute approximate surface area is 82.6 Å². The summed E-state index contributed by atoms with van der Waals surface area (Å²) in [4.78, 5) is 0. The van der Waals surface area contributed by atoms with Gasteiger partial charge in [-0.1, -0.05) is 6.92 Å². The van der Waals surface area contributed by atoms with Crippen molar-refractivity contribution in [2.24, 2.45) is 5.73 Å². The smallest absolute Gasteiger partial charge is 0.00799 e. The quantitative estimate of drug-likeness (QED) is 0.692. The molecule has 0 aliphatic heterocycles. The van der Waals surface area contributed by atoms with E-state index in [2.05, 4.69) is 12.2 Å². The van der Waals surface area contributed by atoms with Gasteiger partial charge < -0.3 is 11.1 Å². The van der Waals surface area contributed by atoms with Crippen molar-refractivity contribution in [1.29, 1.82) is 0 Å². The number of hydrogen-bond acceptors (Lipinski definition) is 2. The van der Waals surface area contributed by atoms with Crippen molar-refractivity contribution in [3.63, 3.8) is 0 Å². The fourth-order valence-corrected chi connectivity index (χ4v) is 0. The Balaban J connectivity index is -0.0000000131. The van der Waals surface area contributed by atoms with E-state index in [0.29, 0.717) is 0 Å². The fourth-order valence-electron chi connectivity index (χ4n) is 0. The molecule has 5 heteroatoms. The SMILES string of the molecule is CCCN.CNC.Cl.Cl.Cl. The van der Waals surface area contributed by atoms with Crippen molar-refractivity contribution in [3.05, 3.63) is 0 Å². The summed E-state index contributed by atoms with van der Waals surface area (Å²) in [6.45, 7) is 2.88. The predicted octanol–water partition coefficient (Wildman–Crippen LogP) is 1.46. The molecule has 3 N–H and O–H groups in total. The van der Waals surface area contributed by atoms with Gasteiger partial charge in [-0.05, 0) is 27.1 Å². The number of nitrogens with two attached hydrogens (primary N) is 1. The highest BCUT2D eigenvalue weighted by atomic mass is 35.5. The molecule has 2 nitrogen and oxygen atoms in total. The fraction of sp³-hybridized carbons (Fsp3) is 1.00. The Morgan fingerprint density at radius 2 is 1.20 bits per heavy atom. The van der Waals surface area contributed by atoms with Gasteiger partial charge in [-0.25, -0.2) is 0 Å². The van der Waals surface area contributed by atoms with Crippen LogP contribution in [0.2, 0.25) is 0 Å². The number of rotatable bonds is 1. The van der Waals surface area contributed by atoms with E-state index in [9.17, 15) is 0 Å². The van der Waals surface area contributed by atoms with Crippen LogP contribution in [0.5, 0.6) is 0 Å². The van der Waals surface area contributed by atoms with Crippen LogP contribution in [-0.4, -0.2) is 20.6 Å². The molecule has 70 valence electrons. The molecule has 0 bridgehead atoms. The summed E-state index contributed by atoms with van der Waals surface area (Å²) in [7, 11) is 3.75. The molecule has 0 aromatic carbocycles. The van der Waals surface area contributed by atoms with Crippen molar-refractivity contribution in [2.45, 2.75) is 13.3 Å². The third kappa shape index (κ3) is 166. The van der Waals surface area contributed by atoms with Gasteiger partial charge in [-0.15, -0.1) is 37.2 Å². The molecule has 10 heavy (non-hydrogen) atoms. The molecule has 0 saturated heterocycles. The monoisotopic (exact) mass is 212 g/mol. The zero-order valence-corrected chi connectivity index (χ0v) is 9.17. The Kier molecular flexibility index (Phi) is 162. The highest BCUT2D eigenvalue weighted by Gasteiger charge is 1.55.